The lowest BCUT2D eigenvalue weighted by Crippen LogP contribution is -1.94. The van der Waals surface area contributed by atoms with E-state index in [4.69, 9.17) is 28.4 Å². The Morgan fingerprint density at radius 1 is 1.11 bits per heavy atom. The van der Waals surface area contributed by atoms with Gasteiger partial charge in [-0.2, -0.15) is 0 Å². The lowest BCUT2D eigenvalue weighted by molar-refractivity contribution is 0.321. The molecule has 98 valence electrons. The average molecular weight is 296 g/mol. The van der Waals surface area contributed by atoms with Crippen molar-refractivity contribution in [2.75, 3.05) is 0 Å². The first-order valence-corrected chi connectivity index (χ1v) is 6.30. The molecule has 3 nitrogen and oxygen atoms in total. The molecule has 0 heterocycles. The normalized spacial score (nSPS) is 11.1. The van der Waals surface area contributed by atoms with E-state index in [2.05, 4.69) is 5.16 Å². The molecule has 2 N–H and O–H groups in total. The van der Waals surface area contributed by atoms with Crippen molar-refractivity contribution < 1.29 is 10.3 Å². The summed E-state index contributed by atoms with van der Waals surface area (Å²) >= 11 is 12.1. The van der Waals surface area contributed by atoms with Gasteiger partial charge in [-0.1, -0.05) is 58.7 Å². The fourth-order valence-corrected chi connectivity index (χ4v) is 2.24. The Balaban J connectivity index is 2.46. The molecule has 0 amide bonds. The topological polar surface area (TPSA) is 52.8 Å². The molecule has 2 aromatic rings. The van der Waals surface area contributed by atoms with E-state index in [0.717, 1.165) is 17.3 Å². The van der Waals surface area contributed by atoms with Crippen LogP contribution >= 0.6 is 23.2 Å². The van der Waals surface area contributed by atoms with E-state index < -0.39 is 0 Å². The van der Waals surface area contributed by atoms with Crippen molar-refractivity contribution in [2.45, 2.75) is 6.42 Å². The number of nitrogens with zero attached hydrogens (tertiary/aromatic N) is 1. The van der Waals surface area contributed by atoms with Gasteiger partial charge in [-0.25, -0.2) is 0 Å². The molecule has 0 unspecified atom stereocenters. The third kappa shape index (κ3) is 3.00. The highest BCUT2D eigenvalue weighted by Crippen LogP contribution is 2.37. The van der Waals surface area contributed by atoms with E-state index in [0.29, 0.717) is 17.0 Å². The van der Waals surface area contributed by atoms with Crippen LogP contribution in [-0.2, 0) is 6.42 Å². The number of hydrogen-bond donors (Lipinski definition) is 2. The summed E-state index contributed by atoms with van der Waals surface area (Å²) in [5, 5.41) is 21.6. The molecular weight excluding hydrogens is 285 g/mol. The Labute approximate surface area is 120 Å². The zero-order valence-electron chi connectivity index (χ0n) is 9.85. The van der Waals surface area contributed by atoms with Crippen LogP contribution in [0.25, 0.3) is 0 Å². The van der Waals surface area contributed by atoms with Crippen molar-refractivity contribution in [1.82, 2.24) is 0 Å². The smallest absolute Gasteiger partial charge is 0.144 e. The van der Waals surface area contributed by atoms with E-state index in [1.165, 1.54) is 0 Å². The second kappa shape index (κ2) is 5.95. The fraction of sp³-hybridized carbons (Fsp3) is 0.0714. The second-order valence-electron chi connectivity index (χ2n) is 4.01. The minimum atomic E-state index is -0.193. The minimum Gasteiger partial charge on any atom is -0.506 e. The van der Waals surface area contributed by atoms with E-state index in [1.807, 2.05) is 30.3 Å². The predicted molar refractivity (Wildman–Crippen MR) is 76.8 cm³/mol. The standard InChI is InChI=1S/C14H11Cl2NO2/c15-12-10(6-9-4-2-1-3-5-9)7-11(8-17-19)14(18)13(12)16/h1-5,7-8,18-19H,6H2. The summed E-state index contributed by atoms with van der Waals surface area (Å²) in [6.45, 7) is 0. The van der Waals surface area contributed by atoms with Crippen LogP contribution in [0.5, 0.6) is 5.75 Å². The molecule has 0 bridgehead atoms. The molecule has 0 atom stereocenters. The second-order valence-corrected chi connectivity index (χ2v) is 4.76. The molecule has 0 saturated carbocycles. The maximum Gasteiger partial charge on any atom is 0.144 e. The highest BCUT2D eigenvalue weighted by Gasteiger charge is 2.14. The molecule has 0 fully saturated rings. The van der Waals surface area contributed by atoms with Crippen LogP contribution in [0.15, 0.2) is 41.6 Å². The van der Waals surface area contributed by atoms with Crippen LogP contribution in [0.1, 0.15) is 16.7 Å². The lowest BCUT2D eigenvalue weighted by atomic mass is 10.0. The molecular formula is C14H11Cl2NO2. The number of phenols is 1. The molecule has 0 saturated heterocycles. The van der Waals surface area contributed by atoms with E-state index in [1.54, 1.807) is 6.07 Å². The van der Waals surface area contributed by atoms with Gasteiger partial charge in [0.1, 0.15) is 10.8 Å². The van der Waals surface area contributed by atoms with Gasteiger partial charge in [-0.05, 0) is 23.6 Å². The highest BCUT2D eigenvalue weighted by atomic mass is 35.5. The first-order chi connectivity index (χ1) is 9.13. The highest BCUT2D eigenvalue weighted by molar-refractivity contribution is 6.43. The summed E-state index contributed by atoms with van der Waals surface area (Å²) in [5.74, 6) is -0.193. The summed E-state index contributed by atoms with van der Waals surface area (Å²) in [7, 11) is 0. The van der Waals surface area contributed by atoms with Crippen molar-refractivity contribution >= 4 is 29.4 Å². The van der Waals surface area contributed by atoms with Gasteiger partial charge in [0.15, 0.2) is 0 Å². The van der Waals surface area contributed by atoms with E-state index >= 15 is 0 Å². The van der Waals surface area contributed by atoms with Gasteiger partial charge in [0.2, 0.25) is 0 Å². The molecule has 0 aliphatic rings. The summed E-state index contributed by atoms with van der Waals surface area (Å²) < 4.78 is 0. The predicted octanol–water partition coefficient (Wildman–Crippen LogP) is 4.10. The van der Waals surface area contributed by atoms with Crippen molar-refractivity contribution in [3.8, 4) is 5.75 Å². The number of phenolic OH excluding ortho intramolecular Hbond substituents is 1. The maximum absolute atomic E-state index is 9.78. The summed E-state index contributed by atoms with van der Waals surface area (Å²) in [5.41, 5.74) is 2.14. The van der Waals surface area contributed by atoms with Crippen LogP contribution in [0.3, 0.4) is 0 Å². The monoisotopic (exact) mass is 295 g/mol. The van der Waals surface area contributed by atoms with Crippen LogP contribution in [0.2, 0.25) is 10.0 Å². The van der Waals surface area contributed by atoms with Gasteiger partial charge in [-0.3, -0.25) is 0 Å². The largest absolute Gasteiger partial charge is 0.506 e. The maximum atomic E-state index is 9.78. The molecule has 5 heteroatoms. The number of benzene rings is 2. The lowest BCUT2D eigenvalue weighted by Gasteiger charge is -2.10. The molecule has 2 aromatic carbocycles. The molecule has 0 radical (unpaired) electrons. The SMILES string of the molecule is ON=Cc1cc(Cc2ccccc2)c(Cl)c(Cl)c1O. The first kappa shape index (κ1) is 13.7. The van der Waals surface area contributed by atoms with Crippen molar-refractivity contribution in [2.24, 2.45) is 5.16 Å². The van der Waals surface area contributed by atoms with Gasteiger partial charge in [0.05, 0.1) is 11.2 Å². The van der Waals surface area contributed by atoms with Crippen LogP contribution in [0, 0.1) is 0 Å². The quantitative estimate of drug-likeness (QED) is 0.509. The average Bonchev–Trinajstić information content (AvgIpc) is 2.43. The van der Waals surface area contributed by atoms with E-state index in [-0.39, 0.29) is 10.8 Å². The summed E-state index contributed by atoms with van der Waals surface area (Å²) in [6.07, 6.45) is 1.69. The molecule has 0 aromatic heterocycles. The summed E-state index contributed by atoms with van der Waals surface area (Å²) in [4.78, 5) is 0. The molecule has 0 aliphatic heterocycles. The van der Waals surface area contributed by atoms with E-state index in [9.17, 15) is 5.11 Å². The minimum absolute atomic E-state index is 0.0602. The fourth-order valence-electron chi connectivity index (χ4n) is 1.80. The molecule has 19 heavy (non-hydrogen) atoms. The van der Waals surface area contributed by atoms with Gasteiger partial charge in [0.25, 0.3) is 0 Å². The molecule has 0 spiro atoms. The number of halogens is 2. The zero-order chi connectivity index (χ0) is 13.8. The third-order valence-electron chi connectivity index (χ3n) is 2.72. The van der Waals surface area contributed by atoms with Crippen molar-refractivity contribution in [3.63, 3.8) is 0 Å². The van der Waals surface area contributed by atoms with Gasteiger partial charge >= 0.3 is 0 Å². The summed E-state index contributed by atoms with van der Waals surface area (Å²) in [6, 6.07) is 11.4. The Morgan fingerprint density at radius 3 is 2.42 bits per heavy atom. The number of hydrogen-bond acceptors (Lipinski definition) is 3. The zero-order valence-corrected chi connectivity index (χ0v) is 11.4. The van der Waals surface area contributed by atoms with Gasteiger partial charge in [-0.15, -0.1) is 0 Å². The van der Waals surface area contributed by atoms with Crippen molar-refractivity contribution in [3.05, 3.63) is 63.1 Å². The molecule has 2 rings (SSSR count). The Morgan fingerprint density at radius 2 is 1.79 bits per heavy atom. The first-order valence-electron chi connectivity index (χ1n) is 5.54. The van der Waals surface area contributed by atoms with Crippen LogP contribution < -0.4 is 0 Å². The van der Waals surface area contributed by atoms with Gasteiger partial charge in [0, 0.05) is 5.56 Å². The number of oxime groups is 1. The third-order valence-corrected chi connectivity index (χ3v) is 3.62. The Hall–Kier alpha value is -1.71. The molecule has 0 aliphatic carbocycles. The Bertz CT molecular complexity index is 613. The Kier molecular flexibility index (Phi) is 4.30. The van der Waals surface area contributed by atoms with Gasteiger partial charge < -0.3 is 10.3 Å². The number of aromatic hydroxyl groups is 1. The van der Waals surface area contributed by atoms with Crippen LogP contribution in [0.4, 0.5) is 0 Å². The van der Waals surface area contributed by atoms with Crippen LogP contribution in [-0.4, -0.2) is 16.5 Å². The number of rotatable bonds is 3. The van der Waals surface area contributed by atoms with Crippen molar-refractivity contribution in [1.29, 1.82) is 0 Å².